The maximum absolute atomic E-state index is 13.8. The molecule has 0 aliphatic rings. The van der Waals surface area contributed by atoms with E-state index in [9.17, 15) is 4.39 Å². The van der Waals surface area contributed by atoms with Crippen molar-refractivity contribution in [1.82, 2.24) is 9.55 Å². The first-order valence-electron chi connectivity index (χ1n) is 6.89. The van der Waals surface area contributed by atoms with Gasteiger partial charge in [-0.15, -0.1) is 11.6 Å². The molecule has 1 unspecified atom stereocenters. The van der Waals surface area contributed by atoms with Crippen molar-refractivity contribution in [3.63, 3.8) is 0 Å². The molecule has 0 aliphatic heterocycles. The molecule has 110 valence electrons. The molecule has 0 saturated heterocycles. The third-order valence-electron chi connectivity index (χ3n) is 3.61. The molecule has 0 amide bonds. The molecular formula is C15H20ClFN2O. The molecule has 0 saturated carbocycles. The molecule has 0 spiro atoms. The Labute approximate surface area is 123 Å². The number of hydrogen-bond donors (Lipinski definition) is 0. The molecule has 0 aliphatic carbocycles. The van der Waals surface area contributed by atoms with Crippen LogP contribution < -0.4 is 4.74 Å². The van der Waals surface area contributed by atoms with Gasteiger partial charge in [-0.1, -0.05) is 20.3 Å². The second-order valence-corrected chi connectivity index (χ2v) is 5.44. The lowest BCUT2D eigenvalue weighted by Gasteiger charge is -2.13. The zero-order chi connectivity index (χ0) is 14.7. The van der Waals surface area contributed by atoms with Gasteiger partial charge in [-0.05, 0) is 5.92 Å². The van der Waals surface area contributed by atoms with Crippen LogP contribution in [0, 0.1) is 11.7 Å². The number of hydrogen-bond acceptors (Lipinski definition) is 2. The number of fused-ring (bicyclic) bond motifs is 1. The molecule has 0 bridgehead atoms. The molecule has 0 radical (unpaired) electrons. The van der Waals surface area contributed by atoms with Crippen molar-refractivity contribution in [3.8, 4) is 5.75 Å². The minimum atomic E-state index is -0.384. The summed E-state index contributed by atoms with van der Waals surface area (Å²) in [6, 6.07) is 3.15. The van der Waals surface area contributed by atoms with Crippen molar-refractivity contribution >= 4 is 22.6 Å². The molecule has 1 aromatic heterocycles. The number of aryl methyl sites for hydroxylation is 1. The highest BCUT2D eigenvalue weighted by molar-refractivity contribution is 6.17. The van der Waals surface area contributed by atoms with E-state index in [2.05, 4.69) is 23.4 Å². The molecule has 2 aromatic rings. The van der Waals surface area contributed by atoms with Crippen LogP contribution >= 0.6 is 11.6 Å². The van der Waals surface area contributed by atoms with Crippen molar-refractivity contribution in [3.05, 3.63) is 23.8 Å². The van der Waals surface area contributed by atoms with Gasteiger partial charge in [0.15, 0.2) is 11.6 Å². The van der Waals surface area contributed by atoms with Crippen molar-refractivity contribution in [2.75, 3.05) is 13.0 Å². The molecule has 0 fully saturated rings. The Morgan fingerprint density at radius 3 is 2.80 bits per heavy atom. The number of benzene rings is 1. The van der Waals surface area contributed by atoms with E-state index < -0.39 is 0 Å². The summed E-state index contributed by atoms with van der Waals surface area (Å²) >= 11 is 5.84. The van der Waals surface area contributed by atoms with Crippen molar-refractivity contribution in [2.24, 2.45) is 5.92 Å². The van der Waals surface area contributed by atoms with Gasteiger partial charge in [0.1, 0.15) is 5.82 Å². The SMILES string of the molecule is CCC(C)Cn1c(CCCl)nc2cc(F)c(OC)cc21. The summed E-state index contributed by atoms with van der Waals surface area (Å²) in [5, 5.41) is 0. The van der Waals surface area contributed by atoms with Crippen molar-refractivity contribution < 1.29 is 9.13 Å². The lowest BCUT2D eigenvalue weighted by Crippen LogP contribution is -2.10. The van der Waals surface area contributed by atoms with Gasteiger partial charge in [-0.3, -0.25) is 0 Å². The maximum Gasteiger partial charge on any atom is 0.167 e. The molecule has 20 heavy (non-hydrogen) atoms. The van der Waals surface area contributed by atoms with E-state index in [4.69, 9.17) is 16.3 Å². The summed E-state index contributed by atoms with van der Waals surface area (Å²) in [5.74, 6) is 1.80. The third kappa shape index (κ3) is 2.90. The molecule has 0 N–H and O–H groups in total. The first kappa shape index (κ1) is 15.1. The Kier molecular flexibility index (Phi) is 4.86. The number of nitrogens with zero attached hydrogens (tertiary/aromatic N) is 2. The van der Waals surface area contributed by atoms with Crippen molar-refractivity contribution in [2.45, 2.75) is 33.2 Å². The highest BCUT2D eigenvalue weighted by Crippen LogP contribution is 2.26. The van der Waals surface area contributed by atoms with Gasteiger partial charge in [0.05, 0.1) is 18.1 Å². The van der Waals surface area contributed by atoms with E-state index in [1.54, 1.807) is 6.07 Å². The van der Waals surface area contributed by atoms with Gasteiger partial charge < -0.3 is 9.30 Å². The van der Waals surface area contributed by atoms with E-state index in [0.717, 1.165) is 24.3 Å². The fourth-order valence-corrected chi connectivity index (χ4v) is 2.42. The van der Waals surface area contributed by atoms with E-state index >= 15 is 0 Å². The second-order valence-electron chi connectivity index (χ2n) is 5.07. The predicted octanol–water partition coefficient (Wildman–Crippen LogP) is 4.01. The van der Waals surface area contributed by atoms with Crippen LogP contribution in [0.2, 0.25) is 0 Å². The van der Waals surface area contributed by atoms with Crippen LogP contribution in [0.3, 0.4) is 0 Å². The molecule has 1 atom stereocenters. The molecule has 1 heterocycles. The first-order valence-corrected chi connectivity index (χ1v) is 7.42. The molecule has 2 rings (SSSR count). The highest BCUT2D eigenvalue weighted by atomic mass is 35.5. The van der Waals surface area contributed by atoms with Gasteiger partial charge in [0, 0.05) is 31.0 Å². The number of aromatic nitrogens is 2. The number of halogens is 2. The molecule has 1 aromatic carbocycles. The summed E-state index contributed by atoms with van der Waals surface area (Å²) in [7, 11) is 1.47. The van der Waals surface area contributed by atoms with Crippen LogP contribution in [0.15, 0.2) is 12.1 Å². The topological polar surface area (TPSA) is 27.1 Å². The van der Waals surface area contributed by atoms with Gasteiger partial charge in [-0.2, -0.15) is 0 Å². The molecular weight excluding hydrogens is 279 g/mol. The van der Waals surface area contributed by atoms with Crippen LogP contribution in [-0.4, -0.2) is 22.5 Å². The van der Waals surface area contributed by atoms with E-state index in [1.807, 2.05) is 0 Å². The number of rotatable bonds is 6. The van der Waals surface area contributed by atoms with Gasteiger partial charge in [0.2, 0.25) is 0 Å². The van der Waals surface area contributed by atoms with Gasteiger partial charge >= 0.3 is 0 Å². The van der Waals surface area contributed by atoms with Crippen LogP contribution in [0.1, 0.15) is 26.1 Å². The average molecular weight is 299 g/mol. The van der Waals surface area contributed by atoms with Gasteiger partial charge in [0.25, 0.3) is 0 Å². The Morgan fingerprint density at radius 2 is 2.20 bits per heavy atom. The fraction of sp³-hybridized carbons (Fsp3) is 0.533. The largest absolute Gasteiger partial charge is 0.494 e. The zero-order valence-electron chi connectivity index (χ0n) is 12.1. The quantitative estimate of drug-likeness (QED) is 0.753. The molecule has 5 heteroatoms. The number of alkyl halides is 1. The summed E-state index contributed by atoms with van der Waals surface area (Å²) in [5.41, 5.74) is 1.57. The van der Waals surface area contributed by atoms with E-state index in [0.29, 0.717) is 23.7 Å². The number of methoxy groups -OCH3 is 1. The third-order valence-corrected chi connectivity index (χ3v) is 3.80. The Hall–Kier alpha value is -1.29. The Balaban J connectivity index is 2.56. The van der Waals surface area contributed by atoms with Gasteiger partial charge in [-0.25, -0.2) is 9.37 Å². The number of imidazole rings is 1. The summed E-state index contributed by atoms with van der Waals surface area (Å²) in [4.78, 5) is 4.51. The lowest BCUT2D eigenvalue weighted by molar-refractivity contribution is 0.387. The monoisotopic (exact) mass is 298 g/mol. The average Bonchev–Trinajstić information content (AvgIpc) is 2.75. The smallest absolute Gasteiger partial charge is 0.167 e. The van der Waals surface area contributed by atoms with Crippen molar-refractivity contribution in [1.29, 1.82) is 0 Å². The Bertz CT molecular complexity index is 597. The van der Waals surface area contributed by atoms with Crippen LogP contribution in [0.25, 0.3) is 11.0 Å². The minimum Gasteiger partial charge on any atom is -0.494 e. The van der Waals surface area contributed by atoms with E-state index in [-0.39, 0.29) is 11.6 Å². The molecule has 3 nitrogen and oxygen atoms in total. The lowest BCUT2D eigenvalue weighted by atomic mass is 10.1. The van der Waals surface area contributed by atoms with E-state index in [1.165, 1.54) is 13.2 Å². The van der Waals surface area contributed by atoms with Crippen LogP contribution in [-0.2, 0) is 13.0 Å². The second kappa shape index (κ2) is 6.44. The van der Waals surface area contributed by atoms with Crippen LogP contribution in [0.5, 0.6) is 5.75 Å². The normalized spacial score (nSPS) is 12.8. The predicted molar refractivity (Wildman–Crippen MR) is 80.1 cm³/mol. The standard InChI is InChI=1S/C15H20ClFN2O/c1-4-10(2)9-19-13-8-14(20-3)11(17)7-12(13)18-15(19)5-6-16/h7-8,10H,4-6,9H2,1-3H3. The zero-order valence-corrected chi connectivity index (χ0v) is 12.9. The first-order chi connectivity index (χ1) is 9.60. The fourth-order valence-electron chi connectivity index (χ4n) is 2.25. The summed E-state index contributed by atoms with van der Waals surface area (Å²) in [6.45, 7) is 5.20. The highest BCUT2D eigenvalue weighted by Gasteiger charge is 2.15. The van der Waals surface area contributed by atoms with Crippen LogP contribution in [0.4, 0.5) is 4.39 Å². The summed E-state index contributed by atoms with van der Waals surface area (Å²) < 4.78 is 21.0. The maximum atomic E-state index is 13.8. The Morgan fingerprint density at radius 1 is 1.45 bits per heavy atom. The minimum absolute atomic E-state index is 0.250. The summed E-state index contributed by atoms with van der Waals surface area (Å²) in [6.07, 6.45) is 1.76. The number of ether oxygens (including phenoxy) is 1.